The van der Waals surface area contributed by atoms with Crippen molar-refractivity contribution in [3.05, 3.63) is 29.8 Å². The Hall–Kier alpha value is -1.55. The van der Waals surface area contributed by atoms with E-state index in [-0.39, 0.29) is 5.91 Å². The van der Waals surface area contributed by atoms with E-state index in [1.807, 2.05) is 24.3 Å². The van der Waals surface area contributed by atoms with E-state index >= 15 is 0 Å². The minimum absolute atomic E-state index is 0.175. The zero-order chi connectivity index (χ0) is 14.7. The van der Waals surface area contributed by atoms with Gasteiger partial charge in [-0.15, -0.1) is 0 Å². The third kappa shape index (κ3) is 3.76. The van der Waals surface area contributed by atoms with Gasteiger partial charge in [-0.1, -0.05) is 12.1 Å². The quantitative estimate of drug-likeness (QED) is 0.832. The first-order valence-corrected chi connectivity index (χ1v) is 8.08. The molecule has 0 radical (unpaired) electrons. The Balaban J connectivity index is 1.44. The molecule has 4 nitrogen and oxygen atoms in total. The van der Waals surface area contributed by atoms with E-state index in [0.717, 1.165) is 37.1 Å². The number of amides is 1. The fourth-order valence-corrected chi connectivity index (χ4v) is 3.66. The number of nitrogens with zero attached hydrogens (tertiary/aromatic N) is 1. The summed E-state index contributed by atoms with van der Waals surface area (Å²) in [5.41, 5.74) is 7.66. The zero-order valence-electron chi connectivity index (χ0n) is 12.6. The van der Waals surface area contributed by atoms with Crippen LogP contribution >= 0.6 is 0 Å². The van der Waals surface area contributed by atoms with Gasteiger partial charge in [0.25, 0.3) is 0 Å². The molecule has 2 aliphatic heterocycles. The van der Waals surface area contributed by atoms with Crippen molar-refractivity contribution in [3.8, 4) is 0 Å². The molecule has 2 saturated heterocycles. The molecule has 21 heavy (non-hydrogen) atoms. The molecule has 3 N–H and O–H groups in total. The zero-order valence-corrected chi connectivity index (χ0v) is 12.6. The second kappa shape index (κ2) is 6.48. The van der Waals surface area contributed by atoms with Crippen molar-refractivity contribution in [1.29, 1.82) is 0 Å². The molecule has 0 aliphatic carbocycles. The van der Waals surface area contributed by atoms with Crippen molar-refractivity contribution < 1.29 is 4.79 Å². The first kappa shape index (κ1) is 14.4. The van der Waals surface area contributed by atoms with E-state index in [0.29, 0.717) is 18.5 Å². The first-order valence-electron chi connectivity index (χ1n) is 8.08. The van der Waals surface area contributed by atoms with Crippen molar-refractivity contribution in [2.75, 3.05) is 18.8 Å². The van der Waals surface area contributed by atoms with Crippen LogP contribution in [0.15, 0.2) is 24.3 Å². The van der Waals surface area contributed by atoms with Gasteiger partial charge in [0, 0.05) is 30.7 Å². The third-order valence-corrected chi connectivity index (χ3v) is 4.78. The van der Waals surface area contributed by atoms with Crippen LogP contribution in [-0.4, -0.2) is 36.0 Å². The summed E-state index contributed by atoms with van der Waals surface area (Å²) >= 11 is 0. The Labute approximate surface area is 126 Å². The minimum atomic E-state index is 0.175. The molecule has 1 aromatic rings. The molecule has 1 aromatic carbocycles. The monoisotopic (exact) mass is 287 g/mol. The van der Waals surface area contributed by atoms with E-state index in [4.69, 9.17) is 5.73 Å². The summed E-state index contributed by atoms with van der Waals surface area (Å²) in [4.78, 5) is 14.7. The molecule has 2 unspecified atom stereocenters. The summed E-state index contributed by atoms with van der Waals surface area (Å²) in [6.07, 6.45) is 6.16. The molecule has 0 saturated carbocycles. The highest BCUT2D eigenvalue weighted by molar-refractivity contribution is 5.76. The summed E-state index contributed by atoms with van der Waals surface area (Å²) in [5, 5.41) is 3.22. The predicted molar refractivity (Wildman–Crippen MR) is 84.9 cm³/mol. The smallest absolute Gasteiger partial charge is 0.220 e. The lowest BCUT2D eigenvalue weighted by Gasteiger charge is -2.35. The summed E-state index contributed by atoms with van der Waals surface area (Å²) in [6.45, 7) is 2.39. The van der Waals surface area contributed by atoms with Gasteiger partial charge in [-0.3, -0.25) is 4.79 Å². The number of fused-ring (bicyclic) bond motifs is 1. The van der Waals surface area contributed by atoms with Gasteiger partial charge in [-0.2, -0.15) is 0 Å². The average molecular weight is 287 g/mol. The number of carbonyl (C=O) groups is 1. The second-order valence-electron chi connectivity index (χ2n) is 6.37. The molecule has 114 valence electrons. The van der Waals surface area contributed by atoms with Gasteiger partial charge in [0.15, 0.2) is 0 Å². The predicted octanol–water partition coefficient (Wildman–Crippen LogP) is 1.94. The SMILES string of the molecule is Nc1cccc(CCC(=O)NC2CCN3CCCC3C2)c1. The van der Waals surface area contributed by atoms with Crippen LogP contribution in [0.1, 0.15) is 37.7 Å². The summed E-state index contributed by atoms with van der Waals surface area (Å²) in [6, 6.07) is 8.87. The second-order valence-corrected chi connectivity index (χ2v) is 6.37. The van der Waals surface area contributed by atoms with Crippen LogP contribution in [0.5, 0.6) is 0 Å². The highest BCUT2D eigenvalue weighted by atomic mass is 16.1. The van der Waals surface area contributed by atoms with Crippen LogP contribution in [0.3, 0.4) is 0 Å². The molecule has 0 bridgehead atoms. The number of nitrogen functional groups attached to an aromatic ring is 1. The standard InChI is InChI=1S/C17H25N3O/c18-14-4-1-3-13(11-14)6-7-17(21)19-15-8-10-20-9-2-5-16(20)12-15/h1,3-4,11,15-16H,2,5-10,12,18H2,(H,19,21). The average Bonchev–Trinajstić information content (AvgIpc) is 2.93. The normalized spacial score (nSPS) is 25.5. The van der Waals surface area contributed by atoms with Crippen molar-refractivity contribution in [2.24, 2.45) is 0 Å². The minimum Gasteiger partial charge on any atom is -0.399 e. The Kier molecular flexibility index (Phi) is 4.44. The van der Waals surface area contributed by atoms with Crippen LogP contribution in [0, 0.1) is 0 Å². The molecular formula is C17H25N3O. The van der Waals surface area contributed by atoms with E-state index in [1.165, 1.54) is 19.4 Å². The van der Waals surface area contributed by atoms with Gasteiger partial charge in [0.1, 0.15) is 0 Å². The third-order valence-electron chi connectivity index (χ3n) is 4.78. The molecule has 4 heteroatoms. The van der Waals surface area contributed by atoms with Crippen LogP contribution in [0.4, 0.5) is 5.69 Å². The van der Waals surface area contributed by atoms with Gasteiger partial charge in [-0.25, -0.2) is 0 Å². The number of piperidine rings is 1. The molecular weight excluding hydrogens is 262 g/mol. The van der Waals surface area contributed by atoms with Crippen LogP contribution in [0.25, 0.3) is 0 Å². The lowest BCUT2D eigenvalue weighted by Crippen LogP contribution is -2.47. The fraction of sp³-hybridized carbons (Fsp3) is 0.588. The highest BCUT2D eigenvalue weighted by Crippen LogP contribution is 2.26. The maximum Gasteiger partial charge on any atom is 0.220 e. The van der Waals surface area contributed by atoms with E-state index in [1.54, 1.807) is 0 Å². The summed E-state index contributed by atoms with van der Waals surface area (Å²) in [5.74, 6) is 0.175. The number of nitrogens with two attached hydrogens (primary N) is 1. The lowest BCUT2D eigenvalue weighted by atomic mass is 9.97. The highest BCUT2D eigenvalue weighted by Gasteiger charge is 2.31. The fourth-order valence-electron chi connectivity index (χ4n) is 3.66. The number of rotatable bonds is 4. The van der Waals surface area contributed by atoms with Gasteiger partial charge in [0.2, 0.25) is 5.91 Å². The van der Waals surface area contributed by atoms with Crippen LogP contribution in [-0.2, 0) is 11.2 Å². The van der Waals surface area contributed by atoms with Crippen molar-refractivity contribution in [1.82, 2.24) is 10.2 Å². The number of hydrogen-bond donors (Lipinski definition) is 2. The molecule has 2 atom stereocenters. The lowest BCUT2D eigenvalue weighted by molar-refractivity contribution is -0.122. The Bertz CT molecular complexity index is 503. The van der Waals surface area contributed by atoms with Crippen LogP contribution < -0.4 is 11.1 Å². The number of carbonyl (C=O) groups excluding carboxylic acids is 1. The Morgan fingerprint density at radius 2 is 2.24 bits per heavy atom. The van der Waals surface area contributed by atoms with Gasteiger partial charge >= 0.3 is 0 Å². The molecule has 0 aromatic heterocycles. The molecule has 2 fully saturated rings. The molecule has 2 heterocycles. The first-order chi connectivity index (χ1) is 10.2. The number of nitrogens with one attached hydrogen (secondary N) is 1. The maximum absolute atomic E-state index is 12.1. The van der Waals surface area contributed by atoms with Crippen LogP contribution in [0.2, 0.25) is 0 Å². The topological polar surface area (TPSA) is 58.4 Å². The molecule has 2 aliphatic rings. The van der Waals surface area contributed by atoms with Crippen molar-refractivity contribution in [3.63, 3.8) is 0 Å². The largest absolute Gasteiger partial charge is 0.399 e. The Morgan fingerprint density at radius 3 is 3.10 bits per heavy atom. The van der Waals surface area contributed by atoms with E-state index < -0.39 is 0 Å². The van der Waals surface area contributed by atoms with Gasteiger partial charge in [-0.05, 0) is 56.3 Å². The number of aryl methyl sites for hydroxylation is 1. The Morgan fingerprint density at radius 1 is 1.33 bits per heavy atom. The van der Waals surface area contributed by atoms with Gasteiger partial charge in [0.05, 0.1) is 0 Å². The van der Waals surface area contributed by atoms with Crippen molar-refractivity contribution >= 4 is 11.6 Å². The number of benzene rings is 1. The summed E-state index contributed by atoms with van der Waals surface area (Å²) in [7, 11) is 0. The number of anilines is 1. The maximum atomic E-state index is 12.1. The van der Waals surface area contributed by atoms with Crippen molar-refractivity contribution in [2.45, 2.75) is 50.6 Å². The molecule has 3 rings (SSSR count). The van der Waals surface area contributed by atoms with E-state index in [9.17, 15) is 4.79 Å². The number of hydrogen-bond acceptors (Lipinski definition) is 3. The molecule has 0 spiro atoms. The summed E-state index contributed by atoms with van der Waals surface area (Å²) < 4.78 is 0. The molecule has 1 amide bonds. The van der Waals surface area contributed by atoms with Gasteiger partial charge < -0.3 is 16.0 Å². The van der Waals surface area contributed by atoms with E-state index in [2.05, 4.69) is 10.2 Å².